The van der Waals surface area contributed by atoms with Crippen molar-refractivity contribution < 1.29 is 22.7 Å². The van der Waals surface area contributed by atoms with Gasteiger partial charge in [0.05, 0.1) is 28.0 Å². The van der Waals surface area contributed by atoms with E-state index in [9.17, 15) is 22.8 Å². The number of aromatic nitrogens is 2. The van der Waals surface area contributed by atoms with Crippen LogP contribution in [0, 0.1) is 0 Å². The summed E-state index contributed by atoms with van der Waals surface area (Å²) in [6.45, 7) is 2.29. The van der Waals surface area contributed by atoms with Gasteiger partial charge in [0, 0.05) is 25.6 Å². The molecule has 2 aromatic rings. The van der Waals surface area contributed by atoms with E-state index in [1.54, 1.807) is 17.6 Å². The lowest BCUT2D eigenvalue weighted by molar-refractivity contribution is -0.136. The van der Waals surface area contributed by atoms with E-state index in [0.29, 0.717) is 30.4 Å². The summed E-state index contributed by atoms with van der Waals surface area (Å²) < 4.78 is 30.4. The van der Waals surface area contributed by atoms with Crippen molar-refractivity contribution >= 4 is 32.6 Å². The maximum absolute atomic E-state index is 12.8. The Kier molecular flexibility index (Phi) is 6.32. The lowest BCUT2D eigenvalue weighted by atomic mass is 10.1. The van der Waals surface area contributed by atoms with Gasteiger partial charge in [0.15, 0.2) is 16.4 Å². The van der Waals surface area contributed by atoms with Crippen LogP contribution in [-0.2, 0) is 32.3 Å². The van der Waals surface area contributed by atoms with Crippen LogP contribution in [0.1, 0.15) is 48.8 Å². The molecule has 0 spiro atoms. The van der Waals surface area contributed by atoms with E-state index in [1.807, 2.05) is 0 Å². The van der Waals surface area contributed by atoms with Gasteiger partial charge in [-0.1, -0.05) is 6.42 Å². The number of hydrogen-bond donors (Lipinski definition) is 0. The predicted molar refractivity (Wildman–Crippen MR) is 118 cm³/mol. The van der Waals surface area contributed by atoms with Gasteiger partial charge in [-0.05, 0) is 44.4 Å². The lowest BCUT2D eigenvalue weighted by Crippen LogP contribution is -2.43. The van der Waals surface area contributed by atoms with Crippen molar-refractivity contribution in [2.75, 3.05) is 24.7 Å². The number of ether oxygens (including phenoxy) is 1. The Morgan fingerprint density at radius 1 is 1.25 bits per heavy atom. The molecule has 1 aromatic heterocycles. The molecule has 10 heteroatoms. The Labute approximate surface area is 186 Å². The van der Waals surface area contributed by atoms with Crippen LogP contribution >= 0.6 is 0 Å². The molecule has 0 aliphatic carbocycles. The largest absolute Gasteiger partial charge is 0.452 e. The number of nitrogens with zero attached hydrogens (tertiary/aromatic N) is 3. The zero-order valence-corrected chi connectivity index (χ0v) is 18.9. The van der Waals surface area contributed by atoms with Crippen LogP contribution in [0.25, 0.3) is 10.9 Å². The molecule has 2 aliphatic rings. The highest BCUT2D eigenvalue weighted by atomic mass is 32.2. The number of hydrogen-bond acceptors (Lipinski definition) is 7. The molecular weight excluding hydrogens is 434 g/mol. The topological polar surface area (TPSA) is 116 Å². The molecule has 4 rings (SSSR count). The minimum Gasteiger partial charge on any atom is -0.452 e. The molecule has 1 fully saturated rings. The second kappa shape index (κ2) is 9.01. The van der Waals surface area contributed by atoms with Crippen LogP contribution in [0.15, 0.2) is 23.0 Å². The zero-order chi connectivity index (χ0) is 22.9. The predicted octanol–water partition coefficient (Wildman–Crippen LogP) is 1.32. The number of aryl methyl sites for hydroxylation is 1. The van der Waals surface area contributed by atoms with Crippen LogP contribution in [0.4, 0.5) is 0 Å². The highest BCUT2D eigenvalue weighted by Crippen LogP contribution is 2.19. The van der Waals surface area contributed by atoms with Crippen LogP contribution in [0.2, 0.25) is 0 Å². The molecule has 172 valence electrons. The fourth-order valence-corrected chi connectivity index (χ4v) is 6.23. The molecule has 0 bridgehead atoms. The monoisotopic (exact) mass is 461 g/mol. The van der Waals surface area contributed by atoms with E-state index in [0.717, 1.165) is 31.5 Å². The minimum absolute atomic E-state index is 0.0588. The first-order valence-corrected chi connectivity index (χ1v) is 12.8. The molecular formula is C22H27N3O6S. The molecule has 32 heavy (non-hydrogen) atoms. The summed E-state index contributed by atoms with van der Waals surface area (Å²) in [5, 5.41) is 0.447. The molecule has 3 heterocycles. The number of esters is 1. The number of fused-ring (bicyclic) bond motifs is 2. The number of amides is 1. The molecule has 0 radical (unpaired) electrons. The number of rotatable bonds is 5. The number of sulfone groups is 1. The highest BCUT2D eigenvalue weighted by molar-refractivity contribution is 7.91. The van der Waals surface area contributed by atoms with E-state index in [2.05, 4.69) is 4.98 Å². The third kappa shape index (κ3) is 4.55. The van der Waals surface area contributed by atoms with Crippen molar-refractivity contribution in [2.24, 2.45) is 0 Å². The molecule has 0 saturated carbocycles. The second-order valence-electron chi connectivity index (χ2n) is 8.34. The zero-order valence-electron chi connectivity index (χ0n) is 18.1. The fraction of sp³-hybridized carbons (Fsp3) is 0.545. The average Bonchev–Trinajstić information content (AvgIpc) is 2.97. The van der Waals surface area contributed by atoms with E-state index in [-0.39, 0.29) is 28.7 Å². The quantitative estimate of drug-likeness (QED) is 0.617. The molecule has 0 N–H and O–H groups in total. The highest BCUT2D eigenvalue weighted by Gasteiger charge is 2.34. The third-order valence-corrected chi connectivity index (χ3v) is 7.94. The third-order valence-electron chi connectivity index (χ3n) is 6.19. The van der Waals surface area contributed by atoms with Gasteiger partial charge in [-0.3, -0.25) is 14.2 Å². The summed E-state index contributed by atoms with van der Waals surface area (Å²) in [5.74, 6) is -0.380. The van der Waals surface area contributed by atoms with Crippen molar-refractivity contribution in [1.82, 2.24) is 14.5 Å². The molecule has 1 aromatic carbocycles. The standard InChI is InChI=1S/C22H27N3O6S/c1-2-24(16-9-11-32(29,30)14-16)20(26)13-31-22(28)15-7-8-17-18(12-15)23-19-6-4-3-5-10-25(19)21(17)27/h7-8,12,16H,2-6,9-11,13-14H2,1H3. The first-order chi connectivity index (χ1) is 15.3. The first kappa shape index (κ1) is 22.4. The Hall–Kier alpha value is -2.75. The Morgan fingerprint density at radius 3 is 2.78 bits per heavy atom. The summed E-state index contributed by atoms with van der Waals surface area (Å²) in [4.78, 5) is 44.0. The average molecular weight is 462 g/mol. The number of carbonyl (C=O) groups is 2. The summed E-state index contributed by atoms with van der Waals surface area (Å²) in [5.41, 5.74) is 0.546. The van der Waals surface area contributed by atoms with Crippen molar-refractivity contribution in [3.05, 3.63) is 39.9 Å². The Morgan fingerprint density at radius 2 is 2.06 bits per heavy atom. The maximum atomic E-state index is 12.8. The van der Waals surface area contributed by atoms with Crippen LogP contribution in [0.3, 0.4) is 0 Å². The van der Waals surface area contributed by atoms with Crippen molar-refractivity contribution in [3.63, 3.8) is 0 Å². The Balaban J connectivity index is 1.48. The van der Waals surface area contributed by atoms with Gasteiger partial charge in [0.2, 0.25) is 0 Å². The van der Waals surface area contributed by atoms with Gasteiger partial charge >= 0.3 is 5.97 Å². The van der Waals surface area contributed by atoms with E-state index in [4.69, 9.17) is 4.74 Å². The van der Waals surface area contributed by atoms with Crippen LogP contribution in [-0.4, -0.2) is 65.4 Å². The Bertz CT molecular complexity index is 1220. The second-order valence-corrected chi connectivity index (χ2v) is 10.6. The maximum Gasteiger partial charge on any atom is 0.338 e. The smallest absolute Gasteiger partial charge is 0.338 e. The van der Waals surface area contributed by atoms with Gasteiger partial charge in [0.25, 0.3) is 11.5 Å². The number of benzene rings is 1. The van der Waals surface area contributed by atoms with Gasteiger partial charge in [-0.15, -0.1) is 0 Å². The molecule has 2 aliphatic heterocycles. The number of likely N-dealkylation sites (N-methyl/N-ethyl adjacent to an activating group) is 1. The van der Waals surface area contributed by atoms with Crippen molar-refractivity contribution in [2.45, 2.75) is 51.6 Å². The molecule has 1 amide bonds. The van der Waals surface area contributed by atoms with Gasteiger partial charge in [-0.25, -0.2) is 18.2 Å². The lowest BCUT2D eigenvalue weighted by Gasteiger charge is -2.26. The normalized spacial score (nSPS) is 19.8. The van der Waals surface area contributed by atoms with E-state index in [1.165, 1.54) is 17.0 Å². The summed E-state index contributed by atoms with van der Waals surface area (Å²) in [6.07, 6.45) is 4.08. The van der Waals surface area contributed by atoms with E-state index >= 15 is 0 Å². The summed E-state index contributed by atoms with van der Waals surface area (Å²) >= 11 is 0. The van der Waals surface area contributed by atoms with E-state index < -0.39 is 28.3 Å². The first-order valence-electron chi connectivity index (χ1n) is 11.0. The van der Waals surface area contributed by atoms with Gasteiger partial charge < -0.3 is 9.64 Å². The van der Waals surface area contributed by atoms with Crippen LogP contribution < -0.4 is 5.56 Å². The molecule has 9 nitrogen and oxygen atoms in total. The number of carbonyl (C=O) groups excluding carboxylic acids is 2. The SMILES string of the molecule is CCN(C(=O)COC(=O)c1ccc2c(=O)n3c(nc2c1)CCCCC3)C1CCS(=O)(=O)C1. The van der Waals surface area contributed by atoms with Crippen molar-refractivity contribution in [1.29, 1.82) is 0 Å². The van der Waals surface area contributed by atoms with Gasteiger partial charge in [-0.2, -0.15) is 0 Å². The molecule has 1 atom stereocenters. The summed E-state index contributed by atoms with van der Waals surface area (Å²) in [6, 6.07) is 4.21. The fourth-order valence-electron chi connectivity index (χ4n) is 4.50. The molecule has 1 saturated heterocycles. The van der Waals surface area contributed by atoms with Crippen molar-refractivity contribution in [3.8, 4) is 0 Å². The minimum atomic E-state index is -3.13. The molecule has 1 unspecified atom stereocenters. The van der Waals surface area contributed by atoms with Gasteiger partial charge in [0.1, 0.15) is 5.82 Å². The van der Waals surface area contributed by atoms with Crippen LogP contribution in [0.5, 0.6) is 0 Å². The summed E-state index contributed by atoms with van der Waals surface area (Å²) in [7, 11) is -3.13.